The Morgan fingerprint density at radius 1 is 1.00 bits per heavy atom. The molecule has 0 saturated heterocycles. The fraction of sp³-hybridized carbons (Fsp3) is 0. The van der Waals surface area contributed by atoms with Crippen LogP contribution in [-0.4, -0.2) is 6.79 Å². The summed E-state index contributed by atoms with van der Waals surface area (Å²) in [5.41, 5.74) is 0. The van der Waals surface area contributed by atoms with E-state index in [1.54, 1.807) is 0 Å². The number of rotatable bonds is 0. The quantitative estimate of drug-likeness (QED) is 0.229. The summed E-state index contributed by atoms with van der Waals surface area (Å²) in [6.45, 7) is 3.25. The first-order valence-corrected chi connectivity index (χ1v) is 0.236. The molecule has 0 bridgehead atoms. The van der Waals surface area contributed by atoms with Gasteiger partial charge in [0.2, 0.25) is 0 Å². The first-order valence-electron chi connectivity index (χ1n) is 0.236. The van der Waals surface area contributed by atoms with Crippen LogP contribution < -0.4 is 0 Å². The van der Waals surface area contributed by atoms with Gasteiger partial charge in [-0.3, -0.25) is 6.79 Å². The molecule has 0 heterocycles. The summed E-state index contributed by atoms with van der Waals surface area (Å²) >= 11 is 0. The van der Waals surface area contributed by atoms with Gasteiger partial charge in [-0.1, -0.05) is 0 Å². The van der Waals surface area contributed by atoms with Crippen LogP contribution in [0.5, 0.6) is 0 Å². The number of carbonyl (C=O) groups excluding carboxylic acids is 1. The molecule has 0 saturated carbocycles. The van der Waals surface area contributed by atoms with Crippen molar-refractivity contribution >= 4 is 26.6 Å². The second-order valence-electron chi connectivity index (χ2n) is 0. The molecule has 0 aliphatic heterocycles. The minimum absolute atomic E-state index is 0. The van der Waals surface area contributed by atoms with Gasteiger partial charge in [-0.05, 0) is 0 Å². The molecule has 0 amide bonds. The summed E-state index contributed by atoms with van der Waals surface area (Å²) < 4.78 is 0. The van der Waals surface area contributed by atoms with E-state index in [1.165, 1.54) is 0 Å². The third-order valence-corrected chi connectivity index (χ3v) is 0. The van der Waals surface area contributed by atoms with E-state index in [1.807, 2.05) is 0 Å². The monoisotopic (exact) mass is 199 g/mol. The van der Waals surface area contributed by atoms with Gasteiger partial charge >= 0.3 is 19.5 Å². The third-order valence-electron chi connectivity index (χ3n) is 0. The summed E-state index contributed by atoms with van der Waals surface area (Å²) in [6, 6.07) is 0. The zero-order valence-corrected chi connectivity index (χ0v) is 7.32. The van der Waals surface area contributed by atoms with Crippen molar-refractivity contribution in [3.63, 3.8) is 0 Å². The Labute approximate surface area is 51.3 Å². The molecule has 0 aromatic rings. The molecular weight excluding hydrogens is 191 g/mol. The fourth-order valence-corrected chi connectivity index (χ4v) is 0. The average Bonchev–Trinajstić information content (AvgIpc) is 1.00. The summed E-state index contributed by atoms with van der Waals surface area (Å²) in [6.07, 6.45) is 0. The Morgan fingerprint density at radius 2 is 1.00 bits per heavy atom. The molecule has 0 spiro atoms. The fourth-order valence-electron chi connectivity index (χ4n) is 0. The van der Waals surface area contributed by atoms with Crippen molar-refractivity contribution in [3.8, 4) is 0 Å². The van der Waals surface area contributed by atoms with Gasteiger partial charge in [0.05, 0.1) is 0 Å². The van der Waals surface area contributed by atoms with Gasteiger partial charge in [-0.15, -0.1) is 0 Å². The summed E-state index contributed by atoms with van der Waals surface area (Å²) in [5, 5.41) is 0. The van der Waals surface area contributed by atoms with Crippen LogP contribution >= 0.6 is 19.8 Å². The zero-order valence-electron chi connectivity index (χ0n) is 2.75. The molecule has 35 valence electrons. The van der Waals surface area contributed by atoms with Gasteiger partial charge in [0.25, 0.3) is 0 Å². The first kappa shape index (κ1) is 35.2. The van der Waals surface area contributed by atoms with Crippen molar-refractivity contribution in [2.75, 3.05) is 0 Å². The predicted octanol–water partition coefficient (Wildman–Crippen LogP) is -0.160. The maximum absolute atomic E-state index is 7.75. The van der Waals surface area contributed by atoms with Crippen molar-refractivity contribution in [1.29, 1.82) is 0 Å². The van der Waals surface area contributed by atoms with Crippen molar-refractivity contribution in [3.05, 3.63) is 0 Å². The van der Waals surface area contributed by atoms with Gasteiger partial charge in [0, 0.05) is 0 Å². The van der Waals surface area contributed by atoms with Crippen LogP contribution in [0.25, 0.3) is 0 Å². The number of hydrogen-bond acceptors (Lipinski definition) is 1. The van der Waals surface area contributed by atoms with E-state index < -0.39 is 0 Å². The van der Waals surface area contributed by atoms with Gasteiger partial charge in [0.15, 0.2) is 0 Å². The average molecular weight is 198 g/mol. The molecule has 0 rings (SSSR count). The van der Waals surface area contributed by atoms with Crippen molar-refractivity contribution in [1.82, 2.24) is 0 Å². The molecule has 1 nitrogen and oxygen atoms in total. The largest absolute Gasteiger partial charge is 1.00 e. The molecule has 0 aliphatic rings. The van der Waals surface area contributed by atoms with E-state index in [4.69, 9.17) is 4.79 Å². The maximum atomic E-state index is 7.75. The van der Waals surface area contributed by atoms with E-state index in [9.17, 15) is 0 Å². The van der Waals surface area contributed by atoms with Gasteiger partial charge in [0.1, 0.15) is 0 Å². The van der Waals surface area contributed by atoms with E-state index in [-0.39, 0.29) is 39.3 Å². The molecule has 1 radical (unpaired) electrons. The van der Waals surface area contributed by atoms with Crippen LogP contribution in [0.15, 0.2) is 0 Å². The first-order chi connectivity index (χ1) is 1.00. The van der Waals surface area contributed by atoms with E-state index in [2.05, 4.69) is 6.79 Å². The Bertz CT molecular complexity index is 9.61. The van der Waals surface area contributed by atoms with Crippen molar-refractivity contribution in [2.24, 2.45) is 0 Å². The molecule has 0 N–H and O–H groups in total. The molecule has 0 fully saturated rings. The molecule has 0 aromatic heterocycles. The van der Waals surface area contributed by atoms with Gasteiger partial charge < -0.3 is 4.79 Å². The van der Waals surface area contributed by atoms with Crippen LogP contribution in [0.3, 0.4) is 0 Å². The molecule has 5 heavy (non-hydrogen) atoms. The number of hydrogen-bond donors (Lipinski definition) is 0. The second-order valence-corrected chi connectivity index (χ2v) is 0. The van der Waals surface area contributed by atoms with Crippen LogP contribution in [0.2, 0.25) is 0 Å². The molecule has 4 heteroatoms. The Hall–Kier alpha value is 1.15. The van der Waals surface area contributed by atoms with E-state index in [0.717, 1.165) is 0 Å². The zero-order chi connectivity index (χ0) is 2.00. The van der Waals surface area contributed by atoms with Crippen molar-refractivity contribution in [2.45, 2.75) is 0 Å². The van der Waals surface area contributed by atoms with Crippen LogP contribution in [0.1, 0.15) is 0 Å². The van der Waals surface area contributed by atoms with Crippen LogP contribution in [0.4, 0.5) is 0 Å². The summed E-state index contributed by atoms with van der Waals surface area (Å²) in [5.74, 6) is 0. The molecule has 0 aliphatic carbocycles. The van der Waals surface area contributed by atoms with Gasteiger partial charge in [-0.25, -0.2) is 0 Å². The summed E-state index contributed by atoms with van der Waals surface area (Å²) in [4.78, 5) is 7.75. The topological polar surface area (TPSA) is 17.1 Å². The summed E-state index contributed by atoms with van der Waals surface area (Å²) in [7, 11) is 0. The Balaban J connectivity index is -0.00000000167. The molecule has 2 atom stereocenters. The standard InChI is InChI=1S/CHO.2H3P.Ru/c1-2;;;/h1H;2*1H3;/q-1;;;+1. The van der Waals surface area contributed by atoms with Gasteiger partial charge in [-0.2, -0.15) is 19.8 Å². The van der Waals surface area contributed by atoms with Crippen molar-refractivity contribution < 1.29 is 24.3 Å². The second kappa shape index (κ2) is 66.8. The minimum atomic E-state index is 0. The predicted molar refractivity (Wildman–Crippen MR) is 29.0 cm³/mol. The van der Waals surface area contributed by atoms with E-state index >= 15 is 0 Å². The third kappa shape index (κ3) is 38.5. The minimum Gasteiger partial charge on any atom is -0.545 e. The SMILES string of the molecule is P.P.[CH-]=O.[Ru+]. The molecular formula is CH7OP2Ru. The normalized spacial score (nSPS) is 0.800. The van der Waals surface area contributed by atoms with E-state index in [0.29, 0.717) is 0 Å². The molecule has 0 aromatic carbocycles. The van der Waals surface area contributed by atoms with Crippen LogP contribution in [0, 0.1) is 0 Å². The Kier molecular flexibility index (Phi) is 471. The smallest absolute Gasteiger partial charge is 0.545 e. The maximum Gasteiger partial charge on any atom is 1.00 e. The van der Waals surface area contributed by atoms with Crippen LogP contribution in [-0.2, 0) is 24.3 Å². The molecule has 2 unspecified atom stereocenters. The Morgan fingerprint density at radius 3 is 1.00 bits per heavy atom.